The summed E-state index contributed by atoms with van der Waals surface area (Å²) in [7, 11) is 1.68. The van der Waals surface area contributed by atoms with Crippen molar-refractivity contribution in [3.63, 3.8) is 0 Å². The lowest BCUT2D eigenvalue weighted by Crippen LogP contribution is -2.43. The molecule has 10 nitrogen and oxygen atoms in total. The Labute approximate surface area is 233 Å². The molecule has 0 aliphatic carbocycles. The highest BCUT2D eigenvalue weighted by Gasteiger charge is 2.19. The fourth-order valence-electron chi connectivity index (χ4n) is 3.86. The van der Waals surface area contributed by atoms with Crippen molar-refractivity contribution in [1.82, 2.24) is 5.32 Å². The van der Waals surface area contributed by atoms with E-state index in [-0.39, 0.29) is 37.3 Å². The van der Waals surface area contributed by atoms with Crippen molar-refractivity contribution in [3.8, 4) is 5.75 Å². The van der Waals surface area contributed by atoms with Gasteiger partial charge in [0.2, 0.25) is 5.91 Å². The molecule has 0 aromatic heterocycles. The number of carboxylic acid groups (broad SMARTS) is 1. The summed E-state index contributed by atoms with van der Waals surface area (Å²) in [4.78, 5) is 52.2. The van der Waals surface area contributed by atoms with Crippen LogP contribution in [0.5, 0.6) is 5.75 Å². The zero-order valence-electron chi connectivity index (χ0n) is 22.8. The first-order valence-electron chi connectivity index (χ1n) is 12.8. The Kier molecular flexibility index (Phi) is 10.6. The molecule has 0 aliphatic rings. The van der Waals surface area contributed by atoms with Crippen LogP contribution in [0.25, 0.3) is 0 Å². The SMILES string of the molecule is CC(C)CN(C(=O)CNC(=O)Nc1cccc(CC(=O)O)c1)c1cccc(OCC(=O)N(C)c2ccccc2)c1. The Morgan fingerprint density at radius 2 is 1.57 bits per heavy atom. The number of benzene rings is 3. The van der Waals surface area contributed by atoms with Gasteiger partial charge in [-0.15, -0.1) is 0 Å². The Morgan fingerprint density at radius 3 is 2.27 bits per heavy atom. The van der Waals surface area contributed by atoms with Crippen LogP contribution in [0.2, 0.25) is 0 Å². The Bertz CT molecular complexity index is 1330. The Balaban J connectivity index is 1.61. The second-order valence-corrected chi connectivity index (χ2v) is 9.55. The van der Waals surface area contributed by atoms with Crippen LogP contribution in [0.4, 0.5) is 21.9 Å². The molecule has 0 fully saturated rings. The highest BCUT2D eigenvalue weighted by Crippen LogP contribution is 2.23. The predicted octanol–water partition coefficient (Wildman–Crippen LogP) is 4.17. The topological polar surface area (TPSA) is 128 Å². The van der Waals surface area contributed by atoms with Gasteiger partial charge >= 0.3 is 12.0 Å². The average molecular weight is 547 g/mol. The maximum Gasteiger partial charge on any atom is 0.319 e. The molecule has 3 N–H and O–H groups in total. The molecule has 4 amide bonds. The molecular formula is C30H34N4O6. The van der Waals surface area contributed by atoms with Gasteiger partial charge in [-0.2, -0.15) is 0 Å². The van der Waals surface area contributed by atoms with Gasteiger partial charge in [-0.05, 0) is 47.9 Å². The van der Waals surface area contributed by atoms with Gasteiger partial charge in [0, 0.05) is 36.7 Å². The lowest BCUT2D eigenvalue weighted by molar-refractivity contribution is -0.136. The van der Waals surface area contributed by atoms with Crippen LogP contribution < -0.4 is 25.2 Å². The first-order chi connectivity index (χ1) is 19.1. The highest BCUT2D eigenvalue weighted by atomic mass is 16.5. The van der Waals surface area contributed by atoms with Crippen LogP contribution in [0.3, 0.4) is 0 Å². The quantitative estimate of drug-likeness (QED) is 0.313. The molecule has 210 valence electrons. The number of ether oxygens (including phenoxy) is 1. The molecule has 0 spiro atoms. The minimum atomic E-state index is -0.974. The van der Waals surface area contributed by atoms with Crippen molar-refractivity contribution >= 4 is 40.9 Å². The molecule has 3 rings (SSSR count). The number of amides is 4. The number of rotatable bonds is 12. The molecule has 0 saturated heterocycles. The van der Waals surface area contributed by atoms with Crippen molar-refractivity contribution in [3.05, 3.63) is 84.4 Å². The van der Waals surface area contributed by atoms with Crippen LogP contribution in [0.15, 0.2) is 78.9 Å². The molecular weight excluding hydrogens is 512 g/mol. The molecule has 0 bridgehead atoms. The van der Waals surface area contributed by atoms with Crippen molar-refractivity contribution in [2.45, 2.75) is 20.3 Å². The monoisotopic (exact) mass is 546 g/mol. The van der Waals surface area contributed by atoms with Gasteiger partial charge in [0.1, 0.15) is 5.75 Å². The maximum absolute atomic E-state index is 13.2. The minimum Gasteiger partial charge on any atom is -0.484 e. The average Bonchev–Trinajstić information content (AvgIpc) is 2.93. The van der Waals surface area contributed by atoms with E-state index in [2.05, 4.69) is 10.6 Å². The van der Waals surface area contributed by atoms with Crippen LogP contribution in [0, 0.1) is 5.92 Å². The number of urea groups is 1. The van der Waals surface area contributed by atoms with Crippen molar-refractivity contribution in [1.29, 1.82) is 0 Å². The lowest BCUT2D eigenvalue weighted by atomic mass is 10.1. The van der Waals surface area contributed by atoms with Gasteiger partial charge in [0.05, 0.1) is 13.0 Å². The molecule has 0 atom stereocenters. The summed E-state index contributed by atoms with van der Waals surface area (Å²) in [5, 5.41) is 14.1. The van der Waals surface area contributed by atoms with E-state index in [4.69, 9.17) is 9.84 Å². The molecule has 0 unspecified atom stereocenters. The summed E-state index contributed by atoms with van der Waals surface area (Å²) in [5.74, 6) is -0.963. The van der Waals surface area contributed by atoms with E-state index >= 15 is 0 Å². The fourth-order valence-corrected chi connectivity index (χ4v) is 3.86. The molecule has 3 aromatic rings. The summed E-state index contributed by atoms with van der Waals surface area (Å²) in [6, 6.07) is 22.0. The zero-order chi connectivity index (χ0) is 29.1. The van der Waals surface area contributed by atoms with Crippen LogP contribution in [-0.4, -0.2) is 55.7 Å². The molecule has 0 aliphatic heterocycles. The van der Waals surface area contributed by atoms with Gasteiger partial charge in [0.25, 0.3) is 5.91 Å². The van der Waals surface area contributed by atoms with Crippen molar-refractivity contribution < 1.29 is 29.0 Å². The second-order valence-electron chi connectivity index (χ2n) is 9.55. The normalized spacial score (nSPS) is 10.5. The summed E-state index contributed by atoms with van der Waals surface area (Å²) in [6.07, 6.45) is -0.166. The molecule has 0 heterocycles. The third-order valence-corrected chi connectivity index (χ3v) is 5.80. The van der Waals surface area contributed by atoms with E-state index in [1.807, 2.05) is 44.2 Å². The van der Waals surface area contributed by atoms with Gasteiger partial charge < -0.3 is 30.3 Å². The van der Waals surface area contributed by atoms with Crippen molar-refractivity contribution in [2.75, 3.05) is 41.9 Å². The number of likely N-dealkylation sites (N-methyl/N-ethyl adjacent to an activating group) is 1. The minimum absolute atomic E-state index is 0.139. The van der Waals surface area contributed by atoms with E-state index in [9.17, 15) is 19.2 Å². The van der Waals surface area contributed by atoms with E-state index in [0.717, 1.165) is 5.69 Å². The number of hydrogen-bond donors (Lipinski definition) is 3. The standard InChI is InChI=1S/C30H34N4O6/c1-21(2)19-34(27(35)18-31-30(39)32-23-10-7-9-22(15-23)16-29(37)38)25-13-8-14-26(17-25)40-20-28(36)33(3)24-11-5-4-6-12-24/h4-15,17,21H,16,18-20H2,1-3H3,(H,37,38)(H2,31,32,39). The molecule has 3 aromatic carbocycles. The summed E-state index contributed by atoms with van der Waals surface area (Å²) in [5.41, 5.74) is 2.28. The first-order valence-corrected chi connectivity index (χ1v) is 12.8. The van der Waals surface area contributed by atoms with E-state index in [1.165, 1.54) is 4.90 Å². The Morgan fingerprint density at radius 1 is 0.875 bits per heavy atom. The van der Waals surface area contributed by atoms with Gasteiger partial charge in [-0.25, -0.2) is 4.79 Å². The van der Waals surface area contributed by atoms with E-state index in [0.29, 0.717) is 29.2 Å². The van der Waals surface area contributed by atoms with Gasteiger partial charge in [-0.3, -0.25) is 14.4 Å². The highest BCUT2D eigenvalue weighted by molar-refractivity contribution is 5.99. The van der Waals surface area contributed by atoms with Crippen molar-refractivity contribution in [2.24, 2.45) is 5.92 Å². The van der Waals surface area contributed by atoms with Crippen LogP contribution in [0.1, 0.15) is 19.4 Å². The van der Waals surface area contributed by atoms with Crippen LogP contribution in [-0.2, 0) is 20.8 Å². The maximum atomic E-state index is 13.2. The molecule has 0 radical (unpaired) electrons. The molecule has 0 saturated carbocycles. The smallest absolute Gasteiger partial charge is 0.319 e. The Hall–Kier alpha value is -4.86. The zero-order valence-corrected chi connectivity index (χ0v) is 22.8. The third-order valence-electron chi connectivity index (χ3n) is 5.80. The summed E-state index contributed by atoms with van der Waals surface area (Å²) in [6.45, 7) is 3.91. The predicted molar refractivity (Wildman–Crippen MR) is 154 cm³/mol. The van der Waals surface area contributed by atoms with Gasteiger partial charge in [0.15, 0.2) is 6.61 Å². The van der Waals surface area contributed by atoms with Gasteiger partial charge in [-0.1, -0.05) is 50.2 Å². The number of carbonyl (C=O) groups excluding carboxylic acids is 3. The fraction of sp³-hybridized carbons (Fsp3) is 0.267. The third kappa shape index (κ3) is 9.16. The second kappa shape index (κ2) is 14.3. The largest absolute Gasteiger partial charge is 0.484 e. The molecule has 10 heteroatoms. The number of anilines is 3. The number of aliphatic carboxylic acids is 1. The van der Waals surface area contributed by atoms with Crippen LogP contribution >= 0.6 is 0 Å². The number of para-hydroxylation sites is 1. The molecule has 40 heavy (non-hydrogen) atoms. The number of carbonyl (C=O) groups is 4. The summed E-state index contributed by atoms with van der Waals surface area (Å²) < 4.78 is 5.74. The van der Waals surface area contributed by atoms with E-state index < -0.39 is 12.0 Å². The lowest BCUT2D eigenvalue weighted by Gasteiger charge is -2.25. The first kappa shape index (κ1) is 29.7. The number of carboxylic acids is 1. The van der Waals surface area contributed by atoms with E-state index in [1.54, 1.807) is 60.5 Å². The number of nitrogens with one attached hydrogen (secondary N) is 2. The number of nitrogens with zero attached hydrogens (tertiary/aromatic N) is 2. The summed E-state index contributed by atoms with van der Waals surface area (Å²) >= 11 is 0. The number of hydrogen-bond acceptors (Lipinski definition) is 5.